The Morgan fingerprint density at radius 3 is 2.79 bits per heavy atom. The van der Waals surface area contributed by atoms with Crippen molar-refractivity contribution in [3.05, 3.63) is 29.8 Å². The fraction of sp³-hybridized carbons (Fsp3) is 0.467. The third-order valence-corrected chi connectivity index (χ3v) is 2.80. The maximum Gasteiger partial charge on any atom is 0.260 e. The first kappa shape index (κ1) is 15.2. The van der Waals surface area contributed by atoms with E-state index in [4.69, 9.17) is 4.74 Å². The molecule has 0 saturated heterocycles. The van der Waals surface area contributed by atoms with Gasteiger partial charge in [-0.2, -0.15) is 0 Å². The van der Waals surface area contributed by atoms with Crippen LogP contribution in [0.1, 0.15) is 43.5 Å². The molecule has 4 nitrogen and oxygen atoms in total. The van der Waals surface area contributed by atoms with Crippen LogP contribution in [0, 0.1) is 0 Å². The molecule has 1 aromatic carbocycles. The zero-order chi connectivity index (χ0) is 14.1. The van der Waals surface area contributed by atoms with Crippen LogP contribution in [0.25, 0.3) is 0 Å². The Labute approximate surface area is 114 Å². The van der Waals surface area contributed by atoms with Crippen molar-refractivity contribution in [3.8, 4) is 5.75 Å². The molecule has 19 heavy (non-hydrogen) atoms. The number of carbonyl (C=O) groups is 2. The lowest BCUT2D eigenvalue weighted by molar-refractivity contribution is -0.127. The van der Waals surface area contributed by atoms with Crippen molar-refractivity contribution in [2.24, 2.45) is 0 Å². The molecule has 0 radical (unpaired) electrons. The molecule has 1 aromatic rings. The van der Waals surface area contributed by atoms with Crippen molar-refractivity contribution in [2.75, 3.05) is 6.54 Å². The highest BCUT2D eigenvalue weighted by Crippen LogP contribution is 2.17. The minimum atomic E-state index is -0.609. The number of nitrogens with one attached hydrogen (secondary N) is 1. The summed E-state index contributed by atoms with van der Waals surface area (Å²) < 4.78 is 5.51. The lowest BCUT2D eigenvalue weighted by Crippen LogP contribution is -2.36. The summed E-state index contributed by atoms with van der Waals surface area (Å²) in [6.45, 7) is 4.45. The highest BCUT2D eigenvalue weighted by Gasteiger charge is 2.15. The van der Waals surface area contributed by atoms with Gasteiger partial charge in [0.15, 0.2) is 12.4 Å². The summed E-state index contributed by atoms with van der Waals surface area (Å²) in [7, 11) is 0. The second-order valence-corrected chi connectivity index (χ2v) is 4.41. The van der Waals surface area contributed by atoms with Crippen LogP contribution in [-0.4, -0.2) is 24.8 Å². The molecule has 1 N–H and O–H groups in total. The molecule has 104 valence electrons. The summed E-state index contributed by atoms with van der Waals surface area (Å²) in [5, 5.41) is 2.82. The van der Waals surface area contributed by atoms with Gasteiger partial charge in [0, 0.05) is 6.54 Å². The lowest BCUT2D eigenvalue weighted by Gasteiger charge is -2.15. The van der Waals surface area contributed by atoms with Crippen molar-refractivity contribution < 1.29 is 14.3 Å². The molecular formula is C15H21NO3. The molecule has 1 rings (SSSR count). The van der Waals surface area contributed by atoms with E-state index in [2.05, 4.69) is 12.2 Å². The minimum absolute atomic E-state index is 0.156. The van der Waals surface area contributed by atoms with Gasteiger partial charge >= 0.3 is 0 Å². The Bertz CT molecular complexity index is 418. The maximum absolute atomic E-state index is 11.8. The Morgan fingerprint density at radius 1 is 1.37 bits per heavy atom. The van der Waals surface area contributed by atoms with Crippen molar-refractivity contribution in [1.82, 2.24) is 5.32 Å². The lowest BCUT2D eigenvalue weighted by atomic mass is 10.2. The van der Waals surface area contributed by atoms with E-state index in [1.807, 2.05) is 0 Å². The Balaban J connectivity index is 2.47. The molecule has 0 bridgehead atoms. The zero-order valence-electron chi connectivity index (χ0n) is 11.5. The second-order valence-electron chi connectivity index (χ2n) is 4.41. The number of hydrogen-bond donors (Lipinski definition) is 1. The zero-order valence-corrected chi connectivity index (χ0v) is 11.5. The molecule has 0 aliphatic rings. The molecular weight excluding hydrogens is 242 g/mol. The van der Waals surface area contributed by atoms with Gasteiger partial charge < -0.3 is 10.1 Å². The number of rotatable bonds is 8. The Hall–Kier alpha value is -1.84. The fourth-order valence-corrected chi connectivity index (χ4v) is 1.66. The van der Waals surface area contributed by atoms with E-state index in [0.29, 0.717) is 17.9 Å². The molecule has 0 aromatic heterocycles. The molecule has 4 heteroatoms. The van der Waals surface area contributed by atoms with E-state index in [0.717, 1.165) is 25.5 Å². The predicted molar refractivity (Wildman–Crippen MR) is 74.5 cm³/mol. The van der Waals surface area contributed by atoms with Gasteiger partial charge in [-0.1, -0.05) is 31.9 Å². The number of unbranched alkanes of at least 4 members (excludes halogenated alkanes) is 2. The van der Waals surface area contributed by atoms with Gasteiger partial charge in [0.05, 0.1) is 5.56 Å². The van der Waals surface area contributed by atoms with Crippen LogP contribution in [-0.2, 0) is 4.79 Å². The second kappa shape index (κ2) is 8.29. The first-order valence-electron chi connectivity index (χ1n) is 6.67. The first-order valence-corrected chi connectivity index (χ1v) is 6.67. The van der Waals surface area contributed by atoms with Crippen molar-refractivity contribution >= 4 is 12.2 Å². The summed E-state index contributed by atoms with van der Waals surface area (Å²) in [5.74, 6) is 0.283. The molecule has 0 fully saturated rings. The van der Waals surface area contributed by atoms with Crippen molar-refractivity contribution in [3.63, 3.8) is 0 Å². The van der Waals surface area contributed by atoms with E-state index >= 15 is 0 Å². The van der Waals surface area contributed by atoms with Gasteiger partial charge in [-0.25, -0.2) is 0 Å². The van der Waals surface area contributed by atoms with Crippen LogP contribution in [0.4, 0.5) is 0 Å². The van der Waals surface area contributed by atoms with E-state index < -0.39 is 6.10 Å². The molecule has 0 heterocycles. The normalized spacial score (nSPS) is 11.7. The van der Waals surface area contributed by atoms with Crippen LogP contribution in [0.3, 0.4) is 0 Å². The molecule has 1 unspecified atom stereocenters. The van der Waals surface area contributed by atoms with Gasteiger partial charge in [0.2, 0.25) is 0 Å². The number of aldehydes is 1. The average Bonchev–Trinajstić information content (AvgIpc) is 2.44. The largest absolute Gasteiger partial charge is 0.480 e. The number of benzene rings is 1. The molecule has 0 aliphatic carbocycles. The highest BCUT2D eigenvalue weighted by molar-refractivity contribution is 5.82. The van der Waals surface area contributed by atoms with E-state index in [1.54, 1.807) is 31.2 Å². The first-order chi connectivity index (χ1) is 9.19. The number of carbonyl (C=O) groups excluding carboxylic acids is 2. The smallest absolute Gasteiger partial charge is 0.260 e. The highest BCUT2D eigenvalue weighted by atomic mass is 16.5. The summed E-state index contributed by atoms with van der Waals surface area (Å²) >= 11 is 0. The quantitative estimate of drug-likeness (QED) is 0.579. The predicted octanol–water partition coefficient (Wildman–Crippen LogP) is 2.57. The Morgan fingerprint density at radius 2 is 2.11 bits per heavy atom. The number of amides is 1. The molecule has 1 atom stereocenters. The maximum atomic E-state index is 11.8. The van der Waals surface area contributed by atoms with Gasteiger partial charge in [-0.05, 0) is 25.5 Å². The number of ether oxygens (including phenoxy) is 1. The summed E-state index contributed by atoms with van der Waals surface area (Å²) in [6, 6.07) is 6.87. The van der Waals surface area contributed by atoms with Gasteiger partial charge in [0.25, 0.3) is 5.91 Å². The third kappa shape index (κ3) is 5.12. The summed E-state index contributed by atoms with van der Waals surface area (Å²) in [5.41, 5.74) is 0.452. The summed E-state index contributed by atoms with van der Waals surface area (Å²) in [4.78, 5) is 22.6. The summed E-state index contributed by atoms with van der Waals surface area (Å²) in [6.07, 6.45) is 3.31. The van der Waals surface area contributed by atoms with Crippen molar-refractivity contribution in [2.45, 2.75) is 39.2 Å². The van der Waals surface area contributed by atoms with Crippen LogP contribution >= 0.6 is 0 Å². The average molecular weight is 263 g/mol. The number of hydrogen-bond acceptors (Lipinski definition) is 3. The standard InChI is InChI=1S/C15H21NO3/c1-3-4-7-10-16-15(18)12(2)19-14-9-6-5-8-13(14)11-17/h5-6,8-9,11-12H,3-4,7,10H2,1-2H3,(H,16,18). The minimum Gasteiger partial charge on any atom is -0.480 e. The van der Waals surface area contributed by atoms with Gasteiger partial charge in [-0.3, -0.25) is 9.59 Å². The van der Waals surface area contributed by atoms with E-state index in [1.165, 1.54) is 0 Å². The topological polar surface area (TPSA) is 55.4 Å². The van der Waals surface area contributed by atoms with Crippen LogP contribution in [0.15, 0.2) is 24.3 Å². The molecule has 0 aliphatic heterocycles. The van der Waals surface area contributed by atoms with Crippen LogP contribution in [0.5, 0.6) is 5.75 Å². The molecule has 0 saturated carbocycles. The SMILES string of the molecule is CCCCCNC(=O)C(C)Oc1ccccc1C=O. The Kier molecular flexibility index (Phi) is 6.64. The van der Waals surface area contributed by atoms with Gasteiger partial charge in [-0.15, -0.1) is 0 Å². The van der Waals surface area contributed by atoms with Crippen LogP contribution in [0.2, 0.25) is 0 Å². The van der Waals surface area contributed by atoms with E-state index in [-0.39, 0.29) is 5.91 Å². The number of para-hydroxylation sites is 1. The molecule has 1 amide bonds. The fourth-order valence-electron chi connectivity index (χ4n) is 1.66. The molecule has 0 spiro atoms. The monoisotopic (exact) mass is 263 g/mol. The van der Waals surface area contributed by atoms with E-state index in [9.17, 15) is 9.59 Å². The van der Waals surface area contributed by atoms with Gasteiger partial charge in [0.1, 0.15) is 5.75 Å². The third-order valence-electron chi connectivity index (χ3n) is 2.80. The van der Waals surface area contributed by atoms with Crippen LogP contribution < -0.4 is 10.1 Å². The van der Waals surface area contributed by atoms with Crippen molar-refractivity contribution in [1.29, 1.82) is 0 Å².